The van der Waals surface area contributed by atoms with E-state index in [1.807, 2.05) is 13.0 Å². The van der Waals surface area contributed by atoms with Crippen LogP contribution in [-0.4, -0.2) is 27.2 Å². The number of hydrogen-bond donors (Lipinski definition) is 2. The SMILES string of the molecule is CC1(CNS(=O)(=O)c2ccc(C#N)cc2N)CCCO1. The molecule has 2 rings (SSSR count). The molecule has 1 aliphatic heterocycles. The molecule has 0 aliphatic carbocycles. The first-order valence-corrected chi connectivity index (χ1v) is 7.78. The number of nitrogens with two attached hydrogens (primary N) is 1. The number of anilines is 1. The number of benzene rings is 1. The van der Waals surface area contributed by atoms with Gasteiger partial charge in [0, 0.05) is 13.2 Å². The van der Waals surface area contributed by atoms with Gasteiger partial charge in [-0.15, -0.1) is 0 Å². The first-order chi connectivity index (χ1) is 9.36. The number of sulfonamides is 1. The lowest BCUT2D eigenvalue weighted by Gasteiger charge is -2.23. The predicted octanol–water partition coefficient (Wildman–Crippen LogP) is 0.988. The minimum atomic E-state index is -3.71. The lowest BCUT2D eigenvalue weighted by Crippen LogP contribution is -2.40. The van der Waals surface area contributed by atoms with E-state index in [0.29, 0.717) is 12.2 Å². The number of hydrogen-bond acceptors (Lipinski definition) is 5. The summed E-state index contributed by atoms with van der Waals surface area (Å²) in [4.78, 5) is -0.0157. The molecule has 1 heterocycles. The summed E-state index contributed by atoms with van der Waals surface area (Å²) in [6.45, 7) is 2.73. The number of nitrogens with one attached hydrogen (secondary N) is 1. The summed E-state index contributed by atoms with van der Waals surface area (Å²) in [5, 5.41) is 8.75. The number of rotatable bonds is 4. The Hall–Kier alpha value is -1.62. The molecule has 1 aromatic carbocycles. The predicted molar refractivity (Wildman–Crippen MR) is 74.3 cm³/mol. The molecule has 0 aromatic heterocycles. The van der Waals surface area contributed by atoms with E-state index in [0.717, 1.165) is 12.8 Å². The quantitative estimate of drug-likeness (QED) is 0.806. The van der Waals surface area contributed by atoms with Gasteiger partial charge < -0.3 is 10.5 Å². The second-order valence-corrected chi connectivity index (χ2v) is 6.83. The summed E-state index contributed by atoms with van der Waals surface area (Å²) < 4.78 is 32.5. The van der Waals surface area contributed by atoms with Crippen molar-refractivity contribution >= 4 is 15.7 Å². The maximum absolute atomic E-state index is 12.2. The highest BCUT2D eigenvalue weighted by atomic mass is 32.2. The third-order valence-corrected chi connectivity index (χ3v) is 4.84. The van der Waals surface area contributed by atoms with Gasteiger partial charge in [-0.05, 0) is 38.0 Å². The summed E-state index contributed by atoms with van der Waals surface area (Å²) in [5.41, 5.74) is 5.62. The zero-order valence-electron chi connectivity index (χ0n) is 11.2. The van der Waals surface area contributed by atoms with Crippen molar-refractivity contribution in [1.29, 1.82) is 5.26 Å². The largest absolute Gasteiger partial charge is 0.398 e. The monoisotopic (exact) mass is 295 g/mol. The lowest BCUT2D eigenvalue weighted by molar-refractivity contribution is 0.0250. The highest BCUT2D eigenvalue weighted by Crippen LogP contribution is 2.25. The zero-order valence-corrected chi connectivity index (χ0v) is 12.0. The normalized spacial score (nSPS) is 22.6. The summed E-state index contributed by atoms with van der Waals surface area (Å²) >= 11 is 0. The maximum atomic E-state index is 12.2. The van der Waals surface area contributed by atoms with Gasteiger partial charge in [0.05, 0.1) is 22.9 Å². The molecule has 0 radical (unpaired) electrons. The summed E-state index contributed by atoms with van der Waals surface area (Å²) in [6.07, 6.45) is 1.75. The van der Waals surface area contributed by atoms with Gasteiger partial charge >= 0.3 is 0 Å². The molecule has 0 bridgehead atoms. The Morgan fingerprint density at radius 2 is 2.30 bits per heavy atom. The van der Waals surface area contributed by atoms with E-state index in [1.165, 1.54) is 18.2 Å². The molecule has 1 aromatic rings. The van der Waals surface area contributed by atoms with Crippen molar-refractivity contribution in [1.82, 2.24) is 4.72 Å². The second-order valence-electron chi connectivity index (χ2n) is 5.09. The molecule has 0 spiro atoms. The first kappa shape index (κ1) is 14.8. The van der Waals surface area contributed by atoms with Crippen LogP contribution >= 0.6 is 0 Å². The minimum absolute atomic E-state index is 0.0157. The molecule has 0 amide bonds. The Bertz CT molecular complexity index is 643. The third kappa shape index (κ3) is 3.10. The number of nitrogens with zero attached hydrogens (tertiary/aromatic N) is 1. The fourth-order valence-electron chi connectivity index (χ4n) is 2.16. The average Bonchev–Trinajstić information content (AvgIpc) is 2.84. The molecule has 1 saturated heterocycles. The molecule has 3 N–H and O–H groups in total. The van der Waals surface area contributed by atoms with Crippen LogP contribution in [0.3, 0.4) is 0 Å². The van der Waals surface area contributed by atoms with Crippen molar-refractivity contribution in [3.8, 4) is 6.07 Å². The zero-order chi connectivity index (χ0) is 14.8. The maximum Gasteiger partial charge on any atom is 0.242 e. The van der Waals surface area contributed by atoms with E-state index in [-0.39, 0.29) is 17.1 Å². The highest BCUT2D eigenvalue weighted by Gasteiger charge is 2.31. The standard InChI is InChI=1S/C13H17N3O3S/c1-13(5-2-6-19-13)9-16-20(17,18)12-4-3-10(8-14)7-11(12)15/h3-4,7,16H,2,5-6,9,15H2,1H3. The Morgan fingerprint density at radius 1 is 1.55 bits per heavy atom. The number of ether oxygens (including phenoxy) is 1. The van der Waals surface area contributed by atoms with E-state index in [4.69, 9.17) is 15.7 Å². The number of nitriles is 1. The van der Waals surface area contributed by atoms with Gasteiger partial charge in [0.25, 0.3) is 0 Å². The minimum Gasteiger partial charge on any atom is -0.398 e. The van der Waals surface area contributed by atoms with E-state index < -0.39 is 15.6 Å². The molecule has 1 unspecified atom stereocenters. The van der Waals surface area contributed by atoms with Gasteiger partial charge in [-0.2, -0.15) is 5.26 Å². The smallest absolute Gasteiger partial charge is 0.242 e. The van der Waals surface area contributed by atoms with Crippen LogP contribution in [0.4, 0.5) is 5.69 Å². The fraction of sp³-hybridized carbons (Fsp3) is 0.462. The van der Waals surface area contributed by atoms with Crippen molar-refractivity contribution in [2.75, 3.05) is 18.9 Å². The van der Waals surface area contributed by atoms with E-state index in [2.05, 4.69) is 4.72 Å². The molecule has 0 saturated carbocycles. The topological polar surface area (TPSA) is 105 Å². The Morgan fingerprint density at radius 3 is 2.85 bits per heavy atom. The molecular formula is C13H17N3O3S. The van der Waals surface area contributed by atoms with Gasteiger partial charge in [0.1, 0.15) is 4.90 Å². The van der Waals surface area contributed by atoms with Gasteiger partial charge in [-0.3, -0.25) is 0 Å². The molecule has 1 fully saturated rings. The first-order valence-electron chi connectivity index (χ1n) is 6.30. The summed E-state index contributed by atoms with van der Waals surface area (Å²) in [6, 6.07) is 6.03. The molecular weight excluding hydrogens is 278 g/mol. The molecule has 1 atom stereocenters. The van der Waals surface area contributed by atoms with Crippen molar-refractivity contribution in [2.24, 2.45) is 0 Å². The summed E-state index contributed by atoms with van der Waals surface area (Å²) in [5.74, 6) is 0. The lowest BCUT2D eigenvalue weighted by atomic mass is 10.0. The van der Waals surface area contributed by atoms with Crippen LogP contribution in [0, 0.1) is 11.3 Å². The molecule has 20 heavy (non-hydrogen) atoms. The van der Waals surface area contributed by atoms with Crippen LogP contribution in [0.1, 0.15) is 25.3 Å². The average molecular weight is 295 g/mol. The second kappa shape index (κ2) is 5.40. The highest BCUT2D eigenvalue weighted by molar-refractivity contribution is 7.89. The van der Waals surface area contributed by atoms with Crippen LogP contribution in [0.15, 0.2) is 23.1 Å². The van der Waals surface area contributed by atoms with Gasteiger partial charge in [0.15, 0.2) is 0 Å². The van der Waals surface area contributed by atoms with E-state index in [1.54, 1.807) is 0 Å². The van der Waals surface area contributed by atoms with Crippen molar-refractivity contribution in [2.45, 2.75) is 30.3 Å². The van der Waals surface area contributed by atoms with Crippen LogP contribution in [0.5, 0.6) is 0 Å². The van der Waals surface area contributed by atoms with Crippen LogP contribution in [0.2, 0.25) is 0 Å². The Balaban J connectivity index is 2.16. The van der Waals surface area contributed by atoms with Crippen LogP contribution in [0.25, 0.3) is 0 Å². The van der Waals surface area contributed by atoms with Crippen molar-refractivity contribution in [3.05, 3.63) is 23.8 Å². The van der Waals surface area contributed by atoms with E-state index >= 15 is 0 Å². The van der Waals surface area contributed by atoms with Crippen molar-refractivity contribution in [3.63, 3.8) is 0 Å². The Labute approximate surface area is 118 Å². The molecule has 6 nitrogen and oxygen atoms in total. The van der Waals surface area contributed by atoms with Gasteiger partial charge in [0.2, 0.25) is 10.0 Å². The number of nitrogen functional groups attached to an aromatic ring is 1. The van der Waals surface area contributed by atoms with E-state index in [9.17, 15) is 8.42 Å². The Kier molecular flexibility index (Phi) is 3.99. The van der Waals surface area contributed by atoms with Crippen LogP contribution in [-0.2, 0) is 14.8 Å². The molecule has 108 valence electrons. The fourth-order valence-corrected chi connectivity index (χ4v) is 3.43. The molecule has 7 heteroatoms. The third-order valence-electron chi connectivity index (χ3n) is 3.37. The van der Waals surface area contributed by atoms with Crippen LogP contribution < -0.4 is 10.5 Å². The van der Waals surface area contributed by atoms with Gasteiger partial charge in [-0.1, -0.05) is 0 Å². The van der Waals surface area contributed by atoms with Gasteiger partial charge in [-0.25, -0.2) is 13.1 Å². The summed E-state index contributed by atoms with van der Waals surface area (Å²) in [7, 11) is -3.71. The van der Waals surface area contributed by atoms with Crippen molar-refractivity contribution < 1.29 is 13.2 Å². The molecule has 1 aliphatic rings.